The van der Waals surface area contributed by atoms with Crippen molar-refractivity contribution in [3.8, 4) is 11.5 Å². The van der Waals surface area contributed by atoms with Crippen molar-refractivity contribution in [2.75, 3.05) is 45.1 Å². The molecule has 0 radical (unpaired) electrons. The molecule has 2 aromatic heterocycles. The first-order valence-electron chi connectivity index (χ1n) is 11.4. The van der Waals surface area contributed by atoms with Crippen LogP contribution in [0.4, 0.5) is 5.69 Å². The molecule has 0 bridgehead atoms. The van der Waals surface area contributed by atoms with Gasteiger partial charge in [-0.2, -0.15) is 5.10 Å². The number of aromatic nitrogens is 4. The minimum Gasteiger partial charge on any atom is -0.337 e. The predicted octanol–water partition coefficient (Wildman–Crippen LogP) is 3.30. The summed E-state index contributed by atoms with van der Waals surface area (Å²) in [6.07, 6.45) is 1.02. The summed E-state index contributed by atoms with van der Waals surface area (Å²) in [6.45, 7) is 7.56. The summed E-state index contributed by atoms with van der Waals surface area (Å²) >= 11 is 0. The Balaban J connectivity index is 1.21. The minimum absolute atomic E-state index is 0.145. The van der Waals surface area contributed by atoms with Gasteiger partial charge >= 0.3 is 0 Å². The van der Waals surface area contributed by atoms with Crippen LogP contribution in [-0.2, 0) is 6.42 Å². The predicted molar refractivity (Wildman–Crippen MR) is 130 cm³/mol. The number of carbonyl (C=O) groups excluding carboxylic acids is 1. The van der Waals surface area contributed by atoms with E-state index < -0.39 is 0 Å². The number of likely N-dealkylation sites (N-methyl/N-ethyl adjacent to an activating group) is 1. The fourth-order valence-electron chi connectivity index (χ4n) is 4.13. The van der Waals surface area contributed by atoms with Gasteiger partial charge in [0.05, 0.1) is 11.0 Å². The number of hydrogen-bond acceptors (Lipinski definition) is 5. The molecule has 5 rings (SSSR count). The Morgan fingerprint density at radius 3 is 2.58 bits per heavy atom. The van der Waals surface area contributed by atoms with Crippen molar-refractivity contribution in [2.24, 2.45) is 0 Å². The summed E-state index contributed by atoms with van der Waals surface area (Å²) in [4.78, 5) is 25.5. The first-order valence-corrected chi connectivity index (χ1v) is 11.4. The van der Waals surface area contributed by atoms with E-state index in [1.165, 1.54) is 5.56 Å². The molecule has 0 aliphatic carbocycles. The third-order valence-electron chi connectivity index (χ3n) is 6.22. The number of H-pyrrole nitrogens is 2. The lowest BCUT2D eigenvalue weighted by Gasteiger charge is -2.32. The second-order valence-electron chi connectivity index (χ2n) is 8.80. The van der Waals surface area contributed by atoms with E-state index in [4.69, 9.17) is 0 Å². The highest BCUT2D eigenvalue weighted by Gasteiger charge is 2.14. The molecular formula is C25H29N7O. The molecule has 2 aromatic carbocycles. The molecule has 1 saturated heterocycles. The van der Waals surface area contributed by atoms with Gasteiger partial charge in [-0.05, 0) is 62.4 Å². The number of carbonyl (C=O) groups is 1. The molecule has 8 heteroatoms. The molecule has 0 atom stereocenters. The molecule has 4 aromatic rings. The molecule has 0 unspecified atom stereocenters. The van der Waals surface area contributed by atoms with Gasteiger partial charge in [-0.25, -0.2) is 4.98 Å². The van der Waals surface area contributed by atoms with Gasteiger partial charge in [0.15, 0.2) is 5.82 Å². The third-order valence-corrected chi connectivity index (χ3v) is 6.22. The third kappa shape index (κ3) is 4.97. The minimum atomic E-state index is -0.145. The number of nitrogens with zero attached hydrogens (tertiary/aromatic N) is 4. The summed E-state index contributed by atoms with van der Waals surface area (Å²) in [6, 6.07) is 15.6. The highest BCUT2D eigenvalue weighted by atomic mass is 16.1. The van der Waals surface area contributed by atoms with E-state index in [2.05, 4.69) is 54.5 Å². The summed E-state index contributed by atoms with van der Waals surface area (Å²) in [5, 5.41) is 10.2. The van der Waals surface area contributed by atoms with Crippen molar-refractivity contribution in [1.82, 2.24) is 30.0 Å². The number of imidazole rings is 1. The van der Waals surface area contributed by atoms with Crippen molar-refractivity contribution in [3.05, 3.63) is 65.4 Å². The Morgan fingerprint density at radius 2 is 1.85 bits per heavy atom. The fraction of sp³-hybridized carbons (Fsp3) is 0.320. The molecule has 33 heavy (non-hydrogen) atoms. The van der Waals surface area contributed by atoms with Crippen LogP contribution in [0.5, 0.6) is 0 Å². The molecule has 8 nitrogen and oxygen atoms in total. The van der Waals surface area contributed by atoms with Gasteiger partial charge in [-0.3, -0.25) is 9.89 Å². The summed E-state index contributed by atoms with van der Waals surface area (Å²) < 4.78 is 0. The normalized spacial score (nSPS) is 15.2. The van der Waals surface area contributed by atoms with Crippen molar-refractivity contribution in [1.29, 1.82) is 0 Å². The maximum Gasteiger partial charge on any atom is 0.255 e. The van der Waals surface area contributed by atoms with E-state index in [-0.39, 0.29) is 5.91 Å². The number of nitrogens with one attached hydrogen (secondary N) is 3. The van der Waals surface area contributed by atoms with Crippen LogP contribution in [0, 0.1) is 6.92 Å². The van der Waals surface area contributed by atoms with E-state index in [0.717, 1.165) is 67.3 Å². The monoisotopic (exact) mass is 443 g/mol. The second-order valence-corrected chi connectivity index (χ2v) is 8.80. The van der Waals surface area contributed by atoms with Crippen molar-refractivity contribution >= 4 is 22.6 Å². The largest absolute Gasteiger partial charge is 0.337 e. The number of piperazine rings is 1. The zero-order chi connectivity index (χ0) is 22.8. The summed E-state index contributed by atoms with van der Waals surface area (Å²) in [7, 11) is 2.18. The van der Waals surface area contributed by atoms with Crippen LogP contribution in [0.2, 0.25) is 0 Å². The second kappa shape index (κ2) is 9.17. The van der Waals surface area contributed by atoms with Gasteiger partial charge in [0.25, 0.3) is 5.91 Å². The first kappa shape index (κ1) is 21.4. The molecule has 1 aliphatic rings. The highest BCUT2D eigenvalue weighted by molar-refractivity contribution is 6.06. The van der Waals surface area contributed by atoms with Crippen LogP contribution in [0.1, 0.15) is 21.6 Å². The molecule has 0 saturated carbocycles. The lowest BCUT2D eigenvalue weighted by Crippen LogP contribution is -2.45. The molecule has 3 heterocycles. The lowest BCUT2D eigenvalue weighted by molar-refractivity contribution is 0.102. The highest BCUT2D eigenvalue weighted by Crippen LogP contribution is 2.21. The Hall–Kier alpha value is -3.49. The van der Waals surface area contributed by atoms with Crippen molar-refractivity contribution in [2.45, 2.75) is 13.3 Å². The maximum absolute atomic E-state index is 12.8. The molecule has 170 valence electrons. The van der Waals surface area contributed by atoms with Crippen LogP contribution >= 0.6 is 0 Å². The molecule has 3 N–H and O–H groups in total. The summed E-state index contributed by atoms with van der Waals surface area (Å²) in [5.41, 5.74) is 5.98. The van der Waals surface area contributed by atoms with E-state index in [1.807, 2.05) is 37.3 Å². The first-order chi connectivity index (χ1) is 16.0. The van der Waals surface area contributed by atoms with Crippen LogP contribution < -0.4 is 5.32 Å². The lowest BCUT2D eigenvalue weighted by atomic mass is 10.1. The molecule has 1 fully saturated rings. The number of aryl methyl sites for hydroxylation is 1. The van der Waals surface area contributed by atoms with Crippen molar-refractivity contribution in [3.63, 3.8) is 0 Å². The number of aromatic amines is 2. The van der Waals surface area contributed by atoms with Crippen LogP contribution in [0.25, 0.3) is 22.6 Å². The standard InChI is InChI=1S/C25H29N7O/c1-17-15-23(30-29-17)24-27-21-8-5-19(16-22(21)28-24)25(33)26-20-6-3-18(4-7-20)9-10-32-13-11-31(2)12-14-32/h3-8,15-16H,9-14H2,1-2H3,(H,26,33)(H,27,28)(H,29,30). The number of amides is 1. The van der Waals surface area contributed by atoms with Crippen LogP contribution in [0.15, 0.2) is 48.5 Å². The number of hydrogen-bond donors (Lipinski definition) is 3. The van der Waals surface area contributed by atoms with E-state index in [0.29, 0.717) is 11.4 Å². The van der Waals surface area contributed by atoms with E-state index in [9.17, 15) is 4.79 Å². The smallest absolute Gasteiger partial charge is 0.255 e. The topological polar surface area (TPSA) is 92.9 Å². The molecule has 0 spiro atoms. The van der Waals surface area contributed by atoms with Crippen molar-refractivity contribution < 1.29 is 4.79 Å². The Bertz CT molecular complexity index is 1250. The Morgan fingerprint density at radius 1 is 1.06 bits per heavy atom. The number of rotatable bonds is 6. The number of anilines is 1. The average molecular weight is 444 g/mol. The Labute approximate surface area is 193 Å². The summed E-state index contributed by atoms with van der Waals surface area (Å²) in [5.74, 6) is 0.535. The molecule has 1 aliphatic heterocycles. The van der Waals surface area contributed by atoms with E-state index >= 15 is 0 Å². The fourth-order valence-corrected chi connectivity index (χ4v) is 4.13. The van der Waals surface area contributed by atoms with Gasteiger partial charge in [0.1, 0.15) is 5.69 Å². The number of benzene rings is 2. The Kier molecular flexibility index (Phi) is 5.93. The van der Waals surface area contributed by atoms with Crippen LogP contribution in [-0.4, -0.2) is 75.6 Å². The van der Waals surface area contributed by atoms with E-state index in [1.54, 1.807) is 6.07 Å². The molecular weight excluding hydrogens is 414 g/mol. The maximum atomic E-state index is 12.8. The van der Waals surface area contributed by atoms with Gasteiger partial charge < -0.3 is 20.1 Å². The van der Waals surface area contributed by atoms with Gasteiger partial charge in [-0.1, -0.05) is 12.1 Å². The quantitative estimate of drug-likeness (QED) is 0.425. The zero-order valence-electron chi connectivity index (χ0n) is 19.1. The van der Waals surface area contributed by atoms with Gasteiger partial charge in [-0.15, -0.1) is 0 Å². The van der Waals surface area contributed by atoms with Crippen LogP contribution in [0.3, 0.4) is 0 Å². The number of fused-ring (bicyclic) bond motifs is 1. The van der Waals surface area contributed by atoms with Gasteiger partial charge in [0, 0.05) is 49.7 Å². The average Bonchev–Trinajstić information content (AvgIpc) is 3.45. The zero-order valence-corrected chi connectivity index (χ0v) is 19.1. The van der Waals surface area contributed by atoms with Gasteiger partial charge in [0.2, 0.25) is 0 Å². The molecule has 1 amide bonds. The SMILES string of the molecule is Cc1cc(-c2nc3ccc(C(=O)Nc4ccc(CCN5CCN(C)CC5)cc4)cc3[nH]2)n[nH]1.